The summed E-state index contributed by atoms with van der Waals surface area (Å²) in [6.07, 6.45) is 4.95. The van der Waals surface area contributed by atoms with E-state index in [4.69, 9.17) is 5.11 Å². The van der Waals surface area contributed by atoms with Gasteiger partial charge in [0.25, 0.3) is 0 Å². The number of nitrogens with zero attached hydrogens (tertiary/aromatic N) is 4. The van der Waals surface area contributed by atoms with Crippen molar-refractivity contribution in [3.05, 3.63) is 47.7 Å². The number of aliphatic hydroxyl groups is 1. The van der Waals surface area contributed by atoms with E-state index in [1.165, 1.54) is 11.1 Å². The van der Waals surface area contributed by atoms with Gasteiger partial charge >= 0.3 is 0 Å². The summed E-state index contributed by atoms with van der Waals surface area (Å²) < 4.78 is 1.88. The minimum absolute atomic E-state index is 0.119. The van der Waals surface area contributed by atoms with Gasteiger partial charge in [0, 0.05) is 0 Å². The van der Waals surface area contributed by atoms with Gasteiger partial charge in [-0.25, -0.2) is 9.97 Å². The largest absolute Gasteiger partial charge is 0.390 e. The Morgan fingerprint density at radius 3 is 2.74 bits per heavy atom. The molecule has 5 nitrogen and oxygen atoms in total. The molecular formula is C14H14N4O. The minimum Gasteiger partial charge on any atom is -0.390 e. The third kappa shape index (κ3) is 1.98. The Balaban J connectivity index is 2.22. The molecule has 0 saturated carbocycles. The number of aromatic nitrogens is 4. The van der Waals surface area contributed by atoms with Crippen molar-refractivity contribution >= 4 is 11.0 Å². The van der Waals surface area contributed by atoms with Crippen LogP contribution in [0.25, 0.3) is 16.9 Å². The molecule has 0 radical (unpaired) electrons. The van der Waals surface area contributed by atoms with E-state index in [1.807, 2.05) is 4.57 Å². The molecule has 3 rings (SSSR count). The minimum atomic E-state index is -0.119. The van der Waals surface area contributed by atoms with E-state index in [2.05, 4.69) is 40.9 Å². The van der Waals surface area contributed by atoms with Crippen LogP contribution >= 0.6 is 0 Å². The highest BCUT2D eigenvalue weighted by Gasteiger charge is 2.08. The second-order valence-electron chi connectivity index (χ2n) is 4.57. The van der Waals surface area contributed by atoms with Crippen molar-refractivity contribution < 1.29 is 5.11 Å². The number of benzene rings is 1. The summed E-state index contributed by atoms with van der Waals surface area (Å²) in [6, 6.07) is 4.15. The van der Waals surface area contributed by atoms with Crippen molar-refractivity contribution in [2.45, 2.75) is 20.5 Å². The lowest BCUT2D eigenvalue weighted by molar-refractivity contribution is 0.276. The first-order valence-corrected chi connectivity index (χ1v) is 6.05. The molecule has 19 heavy (non-hydrogen) atoms. The number of aliphatic hydroxyl groups excluding tert-OH is 1. The third-order valence-electron chi connectivity index (χ3n) is 3.24. The Kier molecular flexibility index (Phi) is 2.76. The van der Waals surface area contributed by atoms with Gasteiger partial charge in [-0.2, -0.15) is 0 Å². The molecule has 0 unspecified atom stereocenters. The molecule has 5 heteroatoms. The fraction of sp³-hybridized carbons (Fsp3) is 0.214. The van der Waals surface area contributed by atoms with Gasteiger partial charge in [-0.15, -0.1) is 0 Å². The predicted octanol–water partition coefficient (Wildman–Crippen LogP) is 1.92. The molecule has 1 aromatic carbocycles. The number of hydrogen-bond donors (Lipinski definition) is 1. The smallest absolute Gasteiger partial charge is 0.157 e. The molecule has 0 fully saturated rings. The van der Waals surface area contributed by atoms with Crippen LogP contribution in [0.15, 0.2) is 30.9 Å². The number of rotatable bonds is 2. The maximum Gasteiger partial charge on any atom is 0.157 e. The van der Waals surface area contributed by atoms with E-state index >= 15 is 0 Å². The highest BCUT2D eigenvalue weighted by atomic mass is 16.3. The fourth-order valence-corrected chi connectivity index (χ4v) is 2.03. The number of imidazole rings is 1. The lowest BCUT2D eigenvalue weighted by Gasteiger charge is -2.05. The van der Waals surface area contributed by atoms with Crippen molar-refractivity contribution in [1.82, 2.24) is 19.5 Å². The van der Waals surface area contributed by atoms with E-state index in [1.54, 1.807) is 18.7 Å². The van der Waals surface area contributed by atoms with Crippen molar-refractivity contribution in [2.75, 3.05) is 0 Å². The maximum atomic E-state index is 9.13. The van der Waals surface area contributed by atoms with Crippen LogP contribution in [0.1, 0.15) is 16.8 Å². The van der Waals surface area contributed by atoms with E-state index in [0.29, 0.717) is 11.5 Å². The maximum absolute atomic E-state index is 9.13. The standard InChI is InChI=1S/C14H14N4O/c1-9-3-12-13(4-10(9)2)18(8-16-12)14-6-15-5-11(7-19)17-14/h3-6,8,19H,7H2,1-2H3. The third-order valence-corrected chi connectivity index (χ3v) is 3.24. The van der Waals surface area contributed by atoms with E-state index in [9.17, 15) is 0 Å². The monoisotopic (exact) mass is 254 g/mol. The van der Waals surface area contributed by atoms with Crippen molar-refractivity contribution in [3.8, 4) is 5.82 Å². The molecule has 0 saturated heterocycles. The molecule has 0 amide bonds. The Morgan fingerprint density at radius 1 is 1.16 bits per heavy atom. The van der Waals surface area contributed by atoms with Crippen LogP contribution in [0.4, 0.5) is 0 Å². The molecule has 0 spiro atoms. The lowest BCUT2D eigenvalue weighted by Crippen LogP contribution is -2.00. The van der Waals surface area contributed by atoms with Crippen LogP contribution in [0.3, 0.4) is 0 Å². The summed E-state index contributed by atoms with van der Waals surface area (Å²) in [5.74, 6) is 0.664. The second-order valence-corrected chi connectivity index (χ2v) is 4.57. The molecule has 0 aliphatic heterocycles. The highest BCUT2D eigenvalue weighted by molar-refractivity contribution is 5.78. The predicted molar refractivity (Wildman–Crippen MR) is 72.1 cm³/mol. The van der Waals surface area contributed by atoms with Gasteiger partial charge in [0.15, 0.2) is 5.82 Å². The molecule has 3 aromatic rings. The quantitative estimate of drug-likeness (QED) is 0.759. The van der Waals surface area contributed by atoms with Crippen LogP contribution < -0.4 is 0 Å². The molecule has 0 bridgehead atoms. The SMILES string of the molecule is Cc1cc2ncn(-c3cncc(CO)n3)c2cc1C. The fourth-order valence-electron chi connectivity index (χ4n) is 2.03. The average molecular weight is 254 g/mol. The second kappa shape index (κ2) is 4.44. The molecule has 0 aliphatic rings. The molecule has 0 atom stereocenters. The Morgan fingerprint density at radius 2 is 1.95 bits per heavy atom. The zero-order chi connectivity index (χ0) is 13.4. The zero-order valence-corrected chi connectivity index (χ0v) is 10.8. The molecule has 0 aliphatic carbocycles. The first-order chi connectivity index (χ1) is 9.19. The topological polar surface area (TPSA) is 63.8 Å². The molecule has 96 valence electrons. The Labute approximate surface area is 110 Å². The van der Waals surface area contributed by atoms with Crippen molar-refractivity contribution in [1.29, 1.82) is 0 Å². The molecule has 2 aromatic heterocycles. The normalized spacial score (nSPS) is 11.1. The summed E-state index contributed by atoms with van der Waals surface area (Å²) in [5.41, 5.74) is 4.89. The lowest BCUT2D eigenvalue weighted by atomic mass is 10.1. The summed E-state index contributed by atoms with van der Waals surface area (Å²) in [4.78, 5) is 12.8. The van der Waals surface area contributed by atoms with Gasteiger partial charge in [0.2, 0.25) is 0 Å². The molecular weight excluding hydrogens is 240 g/mol. The summed E-state index contributed by atoms with van der Waals surface area (Å²) in [5, 5.41) is 9.13. The first-order valence-electron chi connectivity index (χ1n) is 6.05. The number of hydrogen-bond acceptors (Lipinski definition) is 4. The number of fused-ring (bicyclic) bond motifs is 1. The van der Waals surface area contributed by atoms with Gasteiger partial charge in [-0.1, -0.05) is 0 Å². The highest BCUT2D eigenvalue weighted by Crippen LogP contribution is 2.20. The van der Waals surface area contributed by atoms with Crippen LogP contribution in [0.5, 0.6) is 0 Å². The van der Waals surface area contributed by atoms with Crippen LogP contribution in [0, 0.1) is 13.8 Å². The van der Waals surface area contributed by atoms with Crippen molar-refractivity contribution in [3.63, 3.8) is 0 Å². The van der Waals surface area contributed by atoms with Crippen LogP contribution in [0.2, 0.25) is 0 Å². The summed E-state index contributed by atoms with van der Waals surface area (Å²) >= 11 is 0. The van der Waals surface area contributed by atoms with Gasteiger partial charge < -0.3 is 5.11 Å². The average Bonchev–Trinajstić information content (AvgIpc) is 2.82. The Bertz CT molecular complexity index is 748. The van der Waals surface area contributed by atoms with Gasteiger partial charge in [-0.3, -0.25) is 9.55 Å². The first kappa shape index (κ1) is 11.8. The van der Waals surface area contributed by atoms with Crippen LogP contribution in [-0.2, 0) is 6.61 Å². The van der Waals surface area contributed by atoms with Crippen LogP contribution in [-0.4, -0.2) is 24.6 Å². The van der Waals surface area contributed by atoms with Gasteiger partial charge in [0.05, 0.1) is 35.7 Å². The van der Waals surface area contributed by atoms with Gasteiger partial charge in [0.1, 0.15) is 6.33 Å². The van der Waals surface area contributed by atoms with E-state index < -0.39 is 0 Å². The van der Waals surface area contributed by atoms with Crippen molar-refractivity contribution in [2.24, 2.45) is 0 Å². The van der Waals surface area contributed by atoms with E-state index in [0.717, 1.165) is 11.0 Å². The Hall–Kier alpha value is -2.27. The summed E-state index contributed by atoms with van der Waals surface area (Å²) in [6.45, 7) is 4.02. The van der Waals surface area contributed by atoms with E-state index in [-0.39, 0.29) is 6.61 Å². The molecule has 2 heterocycles. The van der Waals surface area contributed by atoms with Gasteiger partial charge in [-0.05, 0) is 37.1 Å². The summed E-state index contributed by atoms with van der Waals surface area (Å²) in [7, 11) is 0. The zero-order valence-electron chi connectivity index (χ0n) is 10.8. The molecule has 1 N–H and O–H groups in total. The number of aryl methyl sites for hydroxylation is 2.